The van der Waals surface area contributed by atoms with Gasteiger partial charge in [-0.2, -0.15) is 0 Å². The van der Waals surface area contributed by atoms with Crippen molar-refractivity contribution in [3.8, 4) is 0 Å². The van der Waals surface area contributed by atoms with Crippen LogP contribution in [0.5, 0.6) is 0 Å². The van der Waals surface area contributed by atoms with Gasteiger partial charge in [0.15, 0.2) is 17.7 Å². The highest BCUT2D eigenvalue weighted by Crippen LogP contribution is 2.38. The zero-order valence-corrected chi connectivity index (χ0v) is 12.4. The second-order valence-corrected chi connectivity index (χ2v) is 6.15. The number of nitrogens with two attached hydrogens (primary N) is 1. The summed E-state index contributed by atoms with van der Waals surface area (Å²) in [6.45, 7) is -0.594. The molecule has 2 aromatic rings. The molecule has 0 amide bonds. The first-order valence-electron chi connectivity index (χ1n) is 6.42. The number of imidazole rings is 1. The molecule has 3 heterocycles. The van der Waals surface area contributed by atoms with E-state index in [0.717, 1.165) is 0 Å². The van der Waals surface area contributed by atoms with E-state index in [-0.39, 0.29) is 11.5 Å². The summed E-state index contributed by atoms with van der Waals surface area (Å²) >= 11 is 0. The molecule has 126 valence electrons. The first-order valence-corrected chi connectivity index (χ1v) is 7.95. The van der Waals surface area contributed by atoms with Gasteiger partial charge in [0.25, 0.3) is 0 Å². The van der Waals surface area contributed by atoms with Crippen LogP contribution >= 0.6 is 7.82 Å². The van der Waals surface area contributed by atoms with Gasteiger partial charge in [-0.15, -0.1) is 0 Å². The van der Waals surface area contributed by atoms with Crippen LogP contribution in [0.2, 0.25) is 0 Å². The van der Waals surface area contributed by atoms with E-state index in [1.54, 1.807) is 0 Å². The molecule has 1 aliphatic heterocycles. The molecule has 0 bridgehead atoms. The van der Waals surface area contributed by atoms with Crippen molar-refractivity contribution in [1.82, 2.24) is 19.5 Å². The number of nitrogen functional groups attached to an aromatic ring is 1. The van der Waals surface area contributed by atoms with Gasteiger partial charge in [-0.3, -0.25) is 9.09 Å². The summed E-state index contributed by atoms with van der Waals surface area (Å²) in [7, 11) is -4.72. The quantitative estimate of drug-likeness (QED) is 0.390. The van der Waals surface area contributed by atoms with Crippen molar-refractivity contribution in [2.45, 2.75) is 24.5 Å². The molecular weight excluding hydrogens is 334 g/mol. The highest BCUT2D eigenvalue weighted by molar-refractivity contribution is 7.46. The predicted octanol–water partition coefficient (Wildman–Crippen LogP) is -1.86. The molecule has 6 N–H and O–H groups in total. The SMILES string of the molecule is Nc1ncnc2c1ncn2[C@@H]1O[C@H](CO[32P](=O)(O)O)[C@@H](O)[C@H]1O. The second kappa shape index (κ2) is 5.76. The van der Waals surface area contributed by atoms with Crippen LogP contribution in [0.25, 0.3) is 11.2 Å². The number of anilines is 1. The smallest absolute Gasteiger partial charge is 0.387 e. The van der Waals surface area contributed by atoms with Crippen LogP contribution in [0.15, 0.2) is 12.7 Å². The molecule has 1 saturated heterocycles. The van der Waals surface area contributed by atoms with Crippen LogP contribution in [0.4, 0.5) is 5.82 Å². The number of phosphoric ester groups is 1. The van der Waals surface area contributed by atoms with Gasteiger partial charge in [-0.25, -0.2) is 19.5 Å². The lowest BCUT2D eigenvalue weighted by Crippen LogP contribution is -2.33. The molecule has 0 radical (unpaired) electrons. The van der Waals surface area contributed by atoms with E-state index in [2.05, 4.69) is 19.5 Å². The molecule has 12 nitrogen and oxygen atoms in total. The van der Waals surface area contributed by atoms with Crippen molar-refractivity contribution in [2.75, 3.05) is 12.3 Å². The fourth-order valence-electron chi connectivity index (χ4n) is 2.32. The number of aliphatic hydroxyl groups excluding tert-OH is 2. The van der Waals surface area contributed by atoms with E-state index >= 15 is 0 Å². The van der Waals surface area contributed by atoms with Crippen molar-refractivity contribution >= 4 is 24.8 Å². The maximum absolute atomic E-state index is 10.7. The number of hydrogen-bond acceptors (Lipinski definition) is 9. The van der Waals surface area contributed by atoms with Gasteiger partial charge in [0.1, 0.15) is 30.2 Å². The molecule has 1 fully saturated rings. The van der Waals surface area contributed by atoms with Gasteiger partial charge in [-0.1, -0.05) is 0 Å². The fourth-order valence-corrected chi connectivity index (χ4v) is 2.66. The predicted molar refractivity (Wildman–Crippen MR) is 73.7 cm³/mol. The average Bonchev–Trinajstić information content (AvgIpc) is 3.01. The second-order valence-electron chi connectivity index (χ2n) is 4.92. The van der Waals surface area contributed by atoms with Crippen LogP contribution in [0, 0.1) is 0 Å². The van der Waals surface area contributed by atoms with Crippen molar-refractivity contribution in [3.63, 3.8) is 0 Å². The highest BCUT2D eigenvalue weighted by Gasteiger charge is 2.45. The number of fused-ring (bicyclic) bond motifs is 1. The lowest BCUT2D eigenvalue weighted by atomic mass is 10.1. The summed E-state index contributed by atoms with van der Waals surface area (Å²) in [5.74, 6) is 0.142. The molecule has 4 atom stereocenters. The topological polar surface area (TPSA) is 186 Å². The van der Waals surface area contributed by atoms with Crippen LogP contribution in [-0.2, 0) is 13.8 Å². The van der Waals surface area contributed by atoms with Gasteiger partial charge >= 0.3 is 7.82 Å². The molecule has 0 unspecified atom stereocenters. The van der Waals surface area contributed by atoms with Gasteiger partial charge in [-0.05, 0) is 0 Å². The highest BCUT2D eigenvalue weighted by atomic mass is 32.2. The van der Waals surface area contributed by atoms with E-state index in [4.69, 9.17) is 20.3 Å². The standard InChI is InChI=1S/C10H14N5O7P/c11-8-5-9(13-2-12-8)15(3-14-5)10-7(17)6(16)4(22-10)1-21-23(18,19)20/h2-4,6-7,10,16-17H,1H2,(H2,11,12,13)(H2,18,19,20)/t4-,6-,7-,10-/m1/s1/i23+1. The molecular formula is C10H14N5O7P. The Bertz CT molecular complexity index is 763. The van der Waals surface area contributed by atoms with Gasteiger partial charge in [0.2, 0.25) is 0 Å². The van der Waals surface area contributed by atoms with Crippen LogP contribution in [0.1, 0.15) is 6.23 Å². The largest absolute Gasteiger partial charge is 0.469 e. The Hall–Kier alpha value is -1.66. The van der Waals surface area contributed by atoms with Crippen LogP contribution in [-0.4, -0.2) is 64.4 Å². The first kappa shape index (κ1) is 16.2. The summed E-state index contributed by atoms with van der Waals surface area (Å²) < 4.78 is 21.8. The molecule has 23 heavy (non-hydrogen) atoms. The van der Waals surface area contributed by atoms with Crippen molar-refractivity contribution < 1.29 is 33.8 Å². The molecule has 0 aliphatic carbocycles. The average molecular weight is 348 g/mol. The Kier molecular flexibility index (Phi) is 4.06. The van der Waals surface area contributed by atoms with Crippen molar-refractivity contribution in [3.05, 3.63) is 12.7 Å². The van der Waals surface area contributed by atoms with Gasteiger partial charge in [0, 0.05) is 0 Å². The Morgan fingerprint density at radius 1 is 1.30 bits per heavy atom. The number of phosphoric acid groups is 1. The third kappa shape index (κ3) is 3.05. The lowest BCUT2D eigenvalue weighted by Gasteiger charge is -2.16. The number of ether oxygens (including phenoxy) is 1. The summed E-state index contributed by atoms with van der Waals surface area (Å²) in [6, 6.07) is 0. The lowest BCUT2D eigenvalue weighted by molar-refractivity contribution is -0.0504. The Labute approximate surface area is 128 Å². The third-order valence-electron chi connectivity index (χ3n) is 3.41. The zero-order valence-electron chi connectivity index (χ0n) is 11.5. The zero-order chi connectivity index (χ0) is 16.8. The third-order valence-corrected chi connectivity index (χ3v) is 3.89. The van der Waals surface area contributed by atoms with E-state index in [9.17, 15) is 14.8 Å². The van der Waals surface area contributed by atoms with Crippen molar-refractivity contribution in [2.24, 2.45) is 0 Å². The van der Waals surface area contributed by atoms with E-state index in [0.29, 0.717) is 5.52 Å². The van der Waals surface area contributed by atoms with E-state index in [1.807, 2.05) is 0 Å². The molecule has 0 aromatic carbocycles. The van der Waals surface area contributed by atoms with E-state index in [1.165, 1.54) is 17.2 Å². The summed E-state index contributed by atoms with van der Waals surface area (Å²) in [5.41, 5.74) is 6.25. The minimum absolute atomic E-state index is 0.142. The normalized spacial score (nSPS) is 28.5. The molecule has 1 aliphatic rings. The molecule has 2 aromatic heterocycles. The first-order chi connectivity index (χ1) is 10.8. The van der Waals surface area contributed by atoms with Crippen LogP contribution in [0.3, 0.4) is 0 Å². The molecule has 0 spiro atoms. The Balaban J connectivity index is 1.85. The number of aliphatic hydroxyl groups is 2. The number of hydrogen-bond donors (Lipinski definition) is 5. The summed E-state index contributed by atoms with van der Waals surface area (Å²) in [4.78, 5) is 29.2. The molecule has 0 saturated carbocycles. The fraction of sp³-hybridized carbons (Fsp3) is 0.500. The minimum atomic E-state index is -4.72. The van der Waals surface area contributed by atoms with Gasteiger partial charge in [0.05, 0.1) is 12.9 Å². The maximum atomic E-state index is 10.7. The number of aromatic nitrogens is 4. The Morgan fingerprint density at radius 2 is 2.04 bits per heavy atom. The number of nitrogens with zero attached hydrogens (tertiary/aromatic N) is 4. The van der Waals surface area contributed by atoms with Crippen LogP contribution < -0.4 is 5.73 Å². The minimum Gasteiger partial charge on any atom is -0.387 e. The van der Waals surface area contributed by atoms with Gasteiger partial charge < -0.3 is 30.5 Å². The maximum Gasteiger partial charge on any atom is 0.469 e. The molecule has 3 rings (SSSR count). The Morgan fingerprint density at radius 3 is 2.74 bits per heavy atom. The molecule has 13 heteroatoms. The summed E-state index contributed by atoms with van der Waals surface area (Å²) in [6.07, 6.45) is -2.49. The van der Waals surface area contributed by atoms with Crippen molar-refractivity contribution in [1.29, 1.82) is 0 Å². The summed E-state index contributed by atoms with van der Waals surface area (Å²) in [5, 5.41) is 20.1. The van der Waals surface area contributed by atoms with E-state index < -0.39 is 39.0 Å². The monoisotopic (exact) mass is 348 g/mol. The number of rotatable bonds is 4.